The van der Waals surface area contributed by atoms with Gasteiger partial charge in [0.1, 0.15) is 11.6 Å². The zero-order valence-electron chi connectivity index (χ0n) is 19.6. The Balaban J connectivity index is 1.63. The second-order valence-electron chi connectivity index (χ2n) is 8.81. The maximum Gasteiger partial charge on any atom is 0.416 e. The molecule has 4 heterocycles. The molecule has 0 spiro atoms. The Morgan fingerprint density at radius 1 is 1.03 bits per heavy atom. The van der Waals surface area contributed by atoms with Gasteiger partial charge in [-0.25, -0.2) is 15.0 Å². The lowest BCUT2D eigenvalue weighted by molar-refractivity contribution is -0.137. The summed E-state index contributed by atoms with van der Waals surface area (Å²) in [6.45, 7) is 8.17. The van der Waals surface area contributed by atoms with Crippen LogP contribution in [-0.2, 0) is 10.9 Å². The molecular formula is C24H26F3N7O. The SMILES string of the molecule is Cc1cn2c(n1)c(N1CCOCC1)cc1c(N[C@H](C)c3cc(N)cc(C(F)(F)F)c3)nc(C)nc12. The highest BCUT2D eigenvalue weighted by Gasteiger charge is 2.31. The van der Waals surface area contributed by atoms with Crippen LogP contribution in [0.1, 0.15) is 35.6 Å². The number of anilines is 3. The van der Waals surface area contributed by atoms with Crippen LogP contribution in [0.25, 0.3) is 16.7 Å². The number of imidazole rings is 1. The lowest BCUT2D eigenvalue weighted by atomic mass is 10.0. The lowest BCUT2D eigenvalue weighted by Gasteiger charge is -2.29. The van der Waals surface area contributed by atoms with E-state index in [1.165, 1.54) is 0 Å². The molecule has 35 heavy (non-hydrogen) atoms. The van der Waals surface area contributed by atoms with E-state index < -0.39 is 17.8 Å². The molecule has 184 valence electrons. The highest BCUT2D eigenvalue weighted by molar-refractivity contribution is 5.94. The number of halogens is 3. The van der Waals surface area contributed by atoms with Crippen molar-refractivity contribution >= 4 is 33.9 Å². The van der Waals surface area contributed by atoms with Crippen molar-refractivity contribution in [1.82, 2.24) is 19.4 Å². The normalized spacial score (nSPS) is 15.7. The number of nitrogen functional groups attached to an aromatic ring is 1. The summed E-state index contributed by atoms with van der Waals surface area (Å²) < 4.78 is 47.5. The van der Waals surface area contributed by atoms with Gasteiger partial charge in [-0.2, -0.15) is 13.2 Å². The van der Waals surface area contributed by atoms with Gasteiger partial charge in [0.25, 0.3) is 0 Å². The number of benzene rings is 1. The van der Waals surface area contributed by atoms with E-state index in [4.69, 9.17) is 15.5 Å². The Morgan fingerprint density at radius 2 is 1.77 bits per heavy atom. The number of nitrogens with two attached hydrogens (primary N) is 1. The fourth-order valence-corrected chi connectivity index (χ4v) is 4.45. The second-order valence-corrected chi connectivity index (χ2v) is 8.81. The van der Waals surface area contributed by atoms with Crippen LogP contribution in [0.15, 0.2) is 30.5 Å². The van der Waals surface area contributed by atoms with Crippen molar-refractivity contribution in [2.75, 3.05) is 42.3 Å². The van der Waals surface area contributed by atoms with Gasteiger partial charge in [0.15, 0.2) is 11.3 Å². The smallest absolute Gasteiger partial charge is 0.399 e. The second kappa shape index (κ2) is 8.56. The molecule has 1 atom stereocenters. The van der Waals surface area contributed by atoms with E-state index in [9.17, 15) is 13.2 Å². The Kier molecular flexibility index (Phi) is 5.66. The average Bonchev–Trinajstić information content (AvgIpc) is 3.20. The van der Waals surface area contributed by atoms with Gasteiger partial charge in [-0.3, -0.25) is 4.40 Å². The summed E-state index contributed by atoms with van der Waals surface area (Å²) in [5.41, 5.74) is 8.72. The number of fused-ring (bicyclic) bond motifs is 3. The first-order chi connectivity index (χ1) is 16.6. The van der Waals surface area contributed by atoms with Crippen LogP contribution in [0.5, 0.6) is 0 Å². The summed E-state index contributed by atoms with van der Waals surface area (Å²) in [6.07, 6.45) is -2.56. The van der Waals surface area contributed by atoms with Crippen molar-refractivity contribution in [3.05, 3.63) is 53.1 Å². The largest absolute Gasteiger partial charge is 0.416 e. The van der Waals surface area contributed by atoms with Crippen molar-refractivity contribution in [3.63, 3.8) is 0 Å². The van der Waals surface area contributed by atoms with Crippen molar-refractivity contribution < 1.29 is 17.9 Å². The standard InChI is InChI=1S/C24H26F3N7O/c1-13-12-34-22-19(11-20(23(34)29-13)33-4-6-35-7-5-33)21(31-15(3)32-22)30-14(2)16-8-17(24(25,26)27)10-18(28)9-16/h8-12,14H,4-7,28H2,1-3H3,(H,30,31,32)/t14-/m1/s1. The molecule has 0 bridgehead atoms. The molecule has 1 aliphatic rings. The Labute approximate surface area is 199 Å². The van der Waals surface area contributed by atoms with Gasteiger partial charge in [0.05, 0.1) is 41.6 Å². The predicted octanol–water partition coefficient (Wildman–Crippen LogP) is 4.51. The van der Waals surface area contributed by atoms with Gasteiger partial charge in [0.2, 0.25) is 0 Å². The summed E-state index contributed by atoms with van der Waals surface area (Å²) in [5.74, 6) is 1.06. The maximum atomic E-state index is 13.4. The van der Waals surface area contributed by atoms with Gasteiger partial charge >= 0.3 is 6.18 Å². The van der Waals surface area contributed by atoms with Crippen molar-refractivity contribution in [2.45, 2.75) is 33.0 Å². The van der Waals surface area contributed by atoms with E-state index in [1.54, 1.807) is 19.9 Å². The van der Waals surface area contributed by atoms with Crippen LogP contribution >= 0.6 is 0 Å². The minimum Gasteiger partial charge on any atom is -0.399 e. The number of pyridine rings is 1. The third-order valence-corrected chi connectivity index (χ3v) is 6.11. The number of rotatable bonds is 4. The highest BCUT2D eigenvalue weighted by Crippen LogP contribution is 2.35. The molecule has 8 nitrogen and oxygen atoms in total. The third kappa shape index (κ3) is 4.43. The fraction of sp³-hybridized carbons (Fsp3) is 0.375. The van der Waals surface area contributed by atoms with Crippen LogP contribution in [-0.4, -0.2) is 45.7 Å². The first kappa shape index (κ1) is 23.2. The molecule has 1 saturated heterocycles. The molecule has 4 aromatic rings. The van der Waals surface area contributed by atoms with Gasteiger partial charge in [-0.1, -0.05) is 0 Å². The van der Waals surface area contributed by atoms with Crippen LogP contribution < -0.4 is 16.0 Å². The van der Waals surface area contributed by atoms with Gasteiger partial charge in [-0.05, 0) is 50.6 Å². The van der Waals surface area contributed by atoms with Gasteiger partial charge in [0, 0.05) is 25.0 Å². The summed E-state index contributed by atoms with van der Waals surface area (Å²) in [6, 6.07) is 5.09. The van der Waals surface area contributed by atoms with E-state index in [0.717, 1.165) is 47.6 Å². The minimum absolute atomic E-state index is 0.0532. The fourth-order valence-electron chi connectivity index (χ4n) is 4.45. The summed E-state index contributed by atoms with van der Waals surface area (Å²) in [4.78, 5) is 16.2. The lowest BCUT2D eigenvalue weighted by Crippen LogP contribution is -2.36. The first-order valence-corrected chi connectivity index (χ1v) is 11.3. The summed E-state index contributed by atoms with van der Waals surface area (Å²) >= 11 is 0. The third-order valence-electron chi connectivity index (χ3n) is 6.11. The molecule has 3 aromatic heterocycles. The van der Waals surface area contributed by atoms with Crippen molar-refractivity contribution in [3.8, 4) is 0 Å². The number of nitrogens with one attached hydrogen (secondary N) is 1. The molecule has 1 fully saturated rings. The molecule has 1 aliphatic heterocycles. The number of hydrogen-bond donors (Lipinski definition) is 2. The van der Waals surface area contributed by atoms with Crippen LogP contribution in [0.3, 0.4) is 0 Å². The first-order valence-electron chi connectivity index (χ1n) is 11.3. The van der Waals surface area contributed by atoms with Crippen molar-refractivity contribution in [1.29, 1.82) is 0 Å². The van der Waals surface area contributed by atoms with E-state index in [2.05, 4.69) is 20.2 Å². The van der Waals surface area contributed by atoms with Gasteiger partial charge < -0.3 is 20.7 Å². The van der Waals surface area contributed by atoms with E-state index in [1.807, 2.05) is 23.6 Å². The maximum absolute atomic E-state index is 13.4. The monoisotopic (exact) mass is 485 g/mol. The van der Waals surface area contributed by atoms with Crippen molar-refractivity contribution in [2.24, 2.45) is 0 Å². The molecule has 0 amide bonds. The molecular weight excluding hydrogens is 459 g/mol. The Morgan fingerprint density at radius 3 is 2.49 bits per heavy atom. The molecule has 5 rings (SSSR count). The molecule has 0 saturated carbocycles. The zero-order chi connectivity index (χ0) is 24.9. The number of morpholine rings is 1. The van der Waals surface area contributed by atoms with Gasteiger partial charge in [-0.15, -0.1) is 0 Å². The number of aromatic nitrogens is 4. The van der Waals surface area contributed by atoms with E-state index >= 15 is 0 Å². The zero-order valence-corrected chi connectivity index (χ0v) is 19.6. The topological polar surface area (TPSA) is 93.6 Å². The molecule has 0 aliphatic carbocycles. The summed E-state index contributed by atoms with van der Waals surface area (Å²) in [5, 5.41) is 4.04. The highest BCUT2D eigenvalue weighted by atomic mass is 19.4. The van der Waals surface area contributed by atoms with Crippen LogP contribution in [0, 0.1) is 13.8 Å². The van der Waals surface area contributed by atoms with E-state index in [-0.39, 0.29) is 5.69 Å². The predicted molar refractivity (Wildman–Crippen MR) is 129 cm³/mol. The quantitative estimate of drug-likeness (QED) is 0.411. The number of alkyl halides is 3. The Bertz CT molecular complexity index is 1410. The number of aryl methyl sites for hydroxylation is 2. The number of ether oxygens (including phenoxy) is 1. The molecule has 1 aromatic carbocycles. The molecule has 11 heteroatoms. The van der Waals surface area contributed by atoms with E-state index in [0.29, 0.717) is 36.1 Å². The molecule has 3 N–H and O–H groups in total. The van der Waals surface area contributed by atoms with Crippen LogP contribution in [0.2, 0.25) is 0 Å². The minimum atomic E-state index is -4.49. The number of hydrogen-bond acceptors (Lipinski definition) is 7. The molecule has 0 unspecified atom stereocenters. The number of nitrogens with zero attached hydrogens (tertiary/aromatic N) is 5. The van der Waals surface area contributed by atoms with Crippen LogP contribution in [0.4, 0.5) is 30.4 Å². The Hall–Kier alpha value is -3.60. The molecule has 0 radical (unpaired) electrons. The summed E-state index contributed by atoms with van der Waals surface area (Å²) in [7, 11) is 0. The average molecular weight is 486 g/mol.